The van der Waals surface area contributed by atoms with Gasteiger partial charge in [-0.1, -0.05) is 78.2 Å². The topological polar surface area (TPSA) is 86.8 Å². The van der Waals surface area contributed by atoms with E-state index in [4.69, 9.17) is 23.2 Å². The summed E-state index contributed by atoms with van der Waals surface area (Å²) in [5.41, 5.74) is 1.30. The molecule has 0 saturated heterocycles. The van der Waals surface area contributed by atoms with E-state index in [0.717, 1.165) is 15.4 Å². The summed E-state index contributed by atoms with van der Waals surface area (Å²) in [5.74, 6) is -0.871. The number of aryl methyl sites for hydroxylation is 1. The van der Waals surface area contributed by atoms with Crippen molar-refractivity contribution < 1.29 is 18.0 Å². The Morgan fingerprint density at radius 2 is 1.50 bits per heavy atom. The number of halogens is 2. The number of carbonyl (C=O) groups is 2. The standard InChI is InChI=1S/C30H35Cl2N3O4S/c1-6-27(29(37)33-30(3,4)5)34(19-22-10-8-7-9-11-22)28(36)20-35(25-17-23(31)16-24(32)18-25)40(38,39)26-14-12-21(2)13-15-26/h7-18,27H,6,19-20H2,1-5H3,(H,33,37). The molecule has 0 aliphatic heterocycles. The van der Waals surface area contributed by atoms with Gasteiger partial charge in [0.15, 0.2) is 0 Å². The van der Waals surface area contributed by atoms with Crippen LogP contribution in [0.25, 0.3) is 0 Å². The van der Waals surface area contributed by atoms with Gasteiger partial charge in [-0.05, 0) is 70.0 Å². The lowest BCUT2D eigenvalue weighted by molar-refractivity contribution is -0.141. The average molecular weight is 605 g/mol. The van der Waals surface area contributed by atoms with Crippen LogP contribution in [0.2, 0.25) is 10.0 Å². The first kappa shape index (κ1) is 31.5. The van der Waals surface area contributed by atoms with Crippen LogP contribution >= 0.6 is 23.2 Å². The van der Waals surface area contributed by atoms with E-state index in [0.29, 0.717) is 6.42 Å². The fourth-order valence-corrected chi connectivity index (χ4v) is 6.11. The summed E-state index contributed by atoms with van der Waals surface area (Å²) in [4.78, 5) is 28.9. The number of nitrogens with one attached hydrogen (secondary N) is 1. The molecule has 3 aromatic rings. The van der Waals surface area contributed by atoms with Crippen LogP contribution in [0.1, 0.15) is 45.2 Å². The molecule has 0 saturated carbocycles. The summed E-state index contributed by atoms with van der Waals surface area (Å²) in [6, 6.07) is 19.1. The molecule has 0 bridgehead atoms. The van der Waals surface area contributed by atoms with Crippen LogP contribution < -0.4 is 9.62 Å². The first-order valence-corrected chi connectivity index (χ1v) is 15.1. The molecule has 1 atom stereocenters. The van der Waals surface area contributed by atoms with Crippen molar-refractivity contribution in [1.82, 2.24) is 10.2 Å². The molecule has 40 heavy (non-hydrogen) atoms. The molecule has 3 rings (SSSR count). The molecule has 0 aromatic heterocycles. The van der Waals surface area contributed by atoms with Crippen LogP contribution in [0.5, 0.6) is 0 Å². The summed E-state index contributed by atoms with van der Waals surface area (Å²) in [6.45, 7) is 8.79. The minimum atomic E-state index is -4.22. The number of rotatable bonds is 10. The molecule has 0 aliphatic carbocycles. The van der Waals surface area contributed by atoms with E-state index in [-0.39, 0.29) is 33.1 Å². The molecule has 10 heteroatoms. The maximum absolute atomic E-state index is 14.1. The number of benzene rings is 3. The van der Waals surface area contributed by atoms with Crippen molar-refractivity contribution in [3.8, 4) is 0 Å². The lowest BCUT2D eigenvalue weighted by atomic mass is 10.1. The Balaban J connectivity index is 2.09. The third-order valence-corrected chi connectivity index (χ3v) is 8.33. The van der Waals surface area contributed by atoms with Gasteiger partial charge in [0.05, 0.1) is 10.6 Å². The summed E-state index contributed by atoms with van der Waals surface area (Å²) in [7, 11) is -4.22. The fourth-order valence-electron chi connectivity index (χ4n) is 4.20. The fraction of sp³-hybridized carbons (Fsp3) is 0.333. The first-order chi connectivity index (χ1) is 18.7. The number of anilines is 1. The van der Waals surface area contributed by atoms with Crippen molar-refractivity contribution in [2.45, 2.75) is 64.1 Å². The first-order valence-electron chi connectivity index (χ1n) is 12.9. The molecule has 1 unspecified atom stereocenters. The zero-order valence-electron chi connectivity index (χ0n) is 23.3. The Hall–Kier alpha value is -3.07. The largest absolute Gasteiger partial charge is 0.350 e. The SMILES string of the molecule is CCC(C(=O)NC(C)(C)C)N(Cc1ccccc1)C(=O)CN(c1cc(Cl)cc(Cl)c1)S(=O)(=O)c1ccc(C)cc1. The Morgan fingerprint density at radius 3 is 2.02 bits per heavy atom. The van der Waals surface area contributed by atoms with Crippen molar-refractivity contribution in [1.29, 1.82) is 0 Å². The molecule has 2 amide bonds. The molecule has 0 aliphatic rings. The molecular formula is C30H35Cl2N3O4S. The molecular weight excluding hydrogens is 569 g/mol. The summed E-state index contributed by atoms with van der Waals surface area (Å²) < 4.78 is 28.9. The summed E-state index contributed by atoms with van der Waals surface area (Å²) in [6.07, 6.45) is 0.328. The van der Waals surface area contributed by atoms with Gasteiger partial charge < -0.3 is 10.2 Å². The number of amides is 2. The van der Waals surface area contributed by atoms with Gasteiger partial charge in [-0.15, -0.1) is 0 Å². The van der Waals surface area contributed by atoms with E-state index in [2.05, 4.69) is 5.32 Å². The molecule has 1 N–H and O–H groups in total. The highest BCUT2D eigenvalue weighted by Gasteiger charge is 2.34. The lowest BCUT2D eigenvalue weighted by Crippen LogP contribution is -2.55. The van der Waals surface area contributed by atoms with Crippen molar-refractivity contribution >= 4 is 50.7 Å². The summed E-state index contributed by atoms with van der Waals surface area (Å²) in [5, 5.41) is 3.39. The van der Waals surface area contributed by atoms with Gasteiger partial charge in [0.25, 0.3) is 10.0 Å². The van der Waals surface area contributed by atoms with Gasteiger partial charge in [0, 0.05) is 22.1 Å². The van der Waals surface area contributed by atoms with Gasteiger partial charge >= 0.3 is 0 Å². The van der Waals surface area contributed by atoms with Crippen molar-refractivity contribution in [2.24, 2.45) is 0 Å². The molecule has 3 aromatic carbocycles. The van der Waals surface area contributed by atoms with Crippen molar-refractivity contribution in [3.05, 3.63) is 94.0 Å². The smallest absolute Gasteiger partial charge is 0.264 e. The van der Waals surface area contributed by atoms with E-state index in [1.54, 1.807) is 12.1 Å². The molecule has 7 nitrogen and oxygen atoms in total. The lowest BCUT2D eigenvalue weighted by Gasteiger charge is -2.34. The normalized spacial score (nSPS) is 12.5. The monoisotopic (exact) mass is 603 g/mol. The van der Waals surface area contributed by atoms with Crippen LogP contribution in [-0.4, -0.2) is 43.3 Å². The number of hydrogen-bond acceptors (Lipinski definition) is 4. The molecule has 0 radical (unpaired) electrons. The van der Waals surface area contributed by atoms with Crippen LogP contribution in [0.4, 0.5) is 5.69 Å². The van der Waals surface area contributed by atoms with Gasteiger partial charge in [0.1, 0.15) is 12.6 Å². The number of nitrogens with zero attached hydrogens (tertiary/aromatic N) is 2. The average Bonchev–Trinajstić information content (AvgIpc) is 2.86. The van der Waals surface area contributed by atoms with Crippen LogP contribution in [0, 0.1) is 6.92 Å². The Bertz CT molecular complexity index is 1420. The zero-order chi connectivity index (χ0) is 29.7. The maximum Gasteiger partial charge on any atom is 0.264 e. The molecule has 0 spiro atoms. The second kappa shape index (κ2) is 13.1. The Labute approximate surface area is 247 Å². The van der Waals surface area contributed by atoms with Gasteiger partial charge in [0.2, 0.25) is 11.8 Å². The van der Waals surface area contributed by atoms with Crippen LogP contribution in [-0.2, 0) is 26.2 Å². The number of carbonyl (C=O) groups excluding carboxylic acids is 2. The minimum absolute atomic E-state index is 0.00845. The van der Waals surface area contributed by atoms with Gasteiger partial charge in [-0.3, -0.25) is 13.9 Å². The van der Waals surface area contributed by atoms with E-state index >= 15 is 0 Å². The maximum atomic E-state index is 14.1. The van der Waals surface area contributed by atoms with Crippen molar-refractivity contribution in [3.63, 3.8) is 0 Å². The number of hydrogen-bond donors (Lipinski definition) is 1. The quantitative estimate of drug-likeness (QED) is 0.298. The zero-order valence-corrected chi connectivity index (χ0v) is 25.6. The van der Waals surface area contributed by atoms with Gasteiger partial charge in [-0.25, -0.2) is 8.42 Å². The highest BCUT2D eigenvalue weighted by Crippen LogP contribution is 2.30. The Morgan fingerprint density at radius 1 is 0.925 bits per heavy atom. The van der Waals surface area contributed by atoms with E-state index < -0.39 is 34.1 Å². The predicted molar refractivity (Wildman–Crippen MR) is 161 cm³/mol. The second-order valence-electron chi connectivity index (χ2n) is 10.6. The molecule has 0 heterocycles. The van der Waals surface area contributed by atoms with E-state index in [1.165, 1.54) is 35.2 Å². The highest BCUT2D eigenvalue weighted by atomic mass is 35.5. The second-order valence-corrected chi connectivity index (χ2v) is 13.4. The van der Waals surface area contributed by atoms with Crippen molar-refractivity contribution in [2.75, 3.05) is 10.8 Å². The van der Waals surface area contributed by atoms with E-state index in [9.17, 15) is 18.0 Å². The minimum Gasteiger partial charge on any atom is -0.350 e. The molecule has 214 valence electrons. The summed E-state index contributed by atoms with van der Waals surface area (Å²) >= 11 is 12.5. The third kappa shape index (κ3) is 8.22. The van der Waals surface area contributed by atoms with Crippen LogP contribution in [0.3, 0.4) is 0 Å². The molecule has 0 fully saturated rings. The Kier molecular flexibility index (Phi) is 10.3. The third-order valence-electron chi connectivity index (χ3n) is 6.10. The number of sulfonamides is 1. The highest BCUT2D eigenvalue weighted by molar-refractivity contribution is 7.92. The van der Waals surface area contributed by atoms with Gasteiger partial charge in [-0.2, -0.15) is 0 Å². The van der Waals surface area contributed by atoms with E-state index in [1.807, 2.05) is 65.0 Å². The predicted octanol–water partition coefficient (Wildman–Crippen LogP) is 6.22. The van der Waals surface area contributed by atoms with Crippen LogP contribution in [0.15, 0.2) is 77.7 Å².